The van der Waals surface area contributed by atoms with Crippen molar-refractivity contribution in [2.75, 3.05) is 0 Å². The molecule has 3 heteroatoms. The quantitative estimate of drug-likeness (QED) is 0.782. The molecular formula is C12H22N2O. The number of aliphatic hydroxyl groups is 1. The van der Waals surface area contributed by atoms with Crippen LogP contribution in [0.15, 0.2) is 12.4 Å². The van der Waals surface area contributed by atoms with Gasteiger partial charge in [0.05, 0.1) is 6.10 Å². The van der Waals surface area contributed by atoms with Gasteiger partial charge in [-0.05, 0) is 19.3 Å². The summed E-state index contributed by atoms with van der Waals surface area (Å²) in [5.41, 5.74) is 0. The number of nitrogens with zero attached hydrogens (tertiary/aromatic N) is 2. The van der Waals surface area contributed by atoms with Gasteiger partial charge in [-0.2, -0.15) is 0 Å². The average Bonchev–Trinajstić information content (AvgIpc) is 2.64. The van der Waals surface area contributed by atoms with Gasteiger partial charge in [-0.1, -0.05) is 20.3 Å². The second-order valence-electron chi connectivity index (χ2n) is 4.24. The third-order valence-electron chi connectivity index (χ3n) is 2.93. The van der Waals surface area contributed by atoms with Gasteiger partial charge in [-0.3, -0.25) is 0 Å². The molecule has 15 heavy (non-hydrogen) atoms. The molecule has 0 aliphatic rings. The molecule has 0 spiro atoms. The standard InChI is InChI=1S/C12H22N2O/c1-4-10(3)8-11(15)9-12-13-6-7-14(12)5-2/h6-7,10-11,15H,4-5,8-9H2,1-3H3. The molecule has 1 rings (SSSR count). The molecule has 0 saturated carbocycles. The van der Waals surface area contributed by atoms with Gasteiger partial charge in [0, 0.05) is 25.4 Å². The number of hydrogen-bond acceptors (Lipinski definition) is 2. The van der Waals surface area contributed by atoms with Gasteiger partial charge in [0.2, 0.25) is 0 Å². The van der Waals surface area contributed by atoms with Crippen molar-refractivity contribution in [3.63, 3.8) is 0 Å². The first-order valence-electron chi connectivity index (χ1n) is 5.85. The Morgan fingerprint density at radius 1 is 1.47 bits per heavy atom. The van der Waals surface area contributed by atoms with Crippen molar-refractivity contribution in [2.45, 2.75) is 52.7 Å². The Kier molecular flexibility index (Phi) is 4.82. The first-order valence-corrected chi connectivity index (χ1v) is 5.85. The lowest BCUT2D eigenvalue weighted by Crippen LogP contribution is -2.17. The van der Waals surface area contributed by atoms with Gasteiger partial charge in [-0.15, -0.1) is 0 Å². The highest BCUT2D eigenvalue weighted by molar-refractivity contribution is 4.94. The van der Waals surface area contributed by atoms with Crippen LogP contribution in [0.3, 0.4) is 0 Å². The molecule has 2 atom stereocenters. The SMILES string of the molecule is CCC(C)CC(O)Cc1nccn1CC. The lowest BCUT2D eigenvalue weighted by molar-refractivity contribution is 0.141. The van der Waals surface area contributed by atoms with E-state index in [1.165, 1.54) is 0 Å². The molecule has 3 nitrogen and oxygen atoms in total. The second-order valence-corrected chi connectivity index (χ2v) is 4.24. The lowest BCUT2D eigenvalue weighted by atomic mass is 9.99. The molecular weight excluding hydrogens is 188 g/mol. The Balaban J connectivity index is 2.47. The Hall–Kier alpha value is -0.830. The number of aromatic nitrogens is 2. The fourth-order valence-corrected chi connectivity index (χ4v) is 1.74. The summed E-state index contributed by atoms with van der Waals surface area (Å²) in [6.45, 7) is 7.34. The third-order valence-corrected chi connectivity index (χ3v) is 2.93. The zero-order chi connectivity index (χ0) is 11.3. The van der Waals surface area contributed by atoms with Gasteiger partial charge in [-0.25, -0.2) is 4.98 Å². The molecule has 1 aromatic heterocycles. The van der Waals surface area contributed by atoms with Crippen molar-refractivity contribution < 1.29 is 5.11 Å². The first kappa shape index (κ1) is 12.2. The predicted octanol–water partition coefficient (Wildman–Crippen LogP) is 2.24. The maximum atomic E-state index is 9.89. The van der Waals surface area contributed by atoms with Gasteiger partial charge >= 0.3 is 0 Å². The molecule has 0 bridgehead atoms. The van der Waals surface area contributed by atoms with E-state index >= 15 is 0 Å². The van der Waals surface area contributed by atoms with Crippen molar-refractivity contribution in [3.05, 3.63) is 18.2 Å². The van der Waals surface area contributed by atoms with E-state index in [4.69, 9.17) is 0 Å². The van der Waals surface area contributed by atoms with Crippen LogP contribution in [0, 0.1) is 5.92 Å². The van der Waals surface area contributed by atoms with Crippen LogP contribution in [0.25, 0.3) is 0 Å². The summed E-state index contributed by atoms with van der Waals surface area (Å²) in [4.78, 5) is 4.26. The molecule has 0 radical (unpaired) electrons. The lowest BCUT2D eigenvalue weighted by Gasteiger charge is -2.15. The summed E-state index contributed by atoms with van der Waals surface area (Å²) in [7, 11) is 0. The maximum Gasteiger partial charge on any atom is 0.111 e. The summed E-state index contributed by atoms with van der Waals surface area (Å²) in [5.74, 6) is 1.58. The van der Waals surface area contributed by atoms with Crippen LogP contribution in [-0.4, -0.2) is 20.8 Å². The van der Waals surface area contributed by atoms with Crippen LogP contribution >= 0.6 is 0 Å². The molecule has 0 fully saturated rings. The summed E-state index contributed by atoms with van der Waals surface area (Å²) < 4.78 is 2.08. The Bertz CT molecular complexity index is 283. The van der Waals surface area contributed by atoms with Gasteiger partial charge < -0.3 is 9.67 Å². The van der Waals surface area contributed by atoms with Crippen molar-refractivity contribution in [2.24, 2.45) is 5.92 Å². The normalized spacial score (nSPS) is 15.2. The number of imidazole rings is 1. The molecule has 1 N–H and O–H groups in total. The average molecular weight is 210 g/mol. The number of rotatable bonds is 6. The second kappa shape index (κ2) is 5.91. The molecule has 0 aromatic carbocycles. The Morgan fingerprint density at radius 2 is 2.20 bits per heavy atom. The van der Waals surface area contributed by atoms with E-state index in [0.29, 0.717) is 12.3 Å². The van der Waals surface area contributed by atoms with Crippen LogP contribution in [0.4, 0.5) is 0 Å². The summed E-state index contributed by atoms with van der Waals surface area (Å²) in [5, 5.41) is 9.89. The number of aryl methyl sites for hydroxylation is 1. The molecule has 1 aromatic rings. The van der Waals surface area contributed by atoms with Crippen molar-refractivity contribution in [3.8, 4) is 0 Å². The molecule has 0 aliphatic carbocycles. The molecule has 1 heterocycles. The van der Waals surface area contributed by atoms with Crippen LogP contribution in [-0.2, 0) is 13.0 Å². The topological polar surface area (TPSA) is 38.1 Å². The third kappa shape index (κ3) is 3.67. The van der Waals surface area contributed by atoms with Crippen LogP contribution < -0.4 is 0 Å². The fourth-order valence-electron chi connectivity index (χ4n) is 1.74. The van der Waals surface area contributed by atoms with Crippen LogP contribution in [0.5, 0.6) is 0 Å². The van der Waals surface area contributed by atoms with E-state index in [1.807, 2.05) is 6.20 Å². The fraction of sp³-hybridized carbons (Fsp3) is 0.750. The van der Waals surface area contributed by atoms with E-state index in [-0.39, 0.29) is 6.10 Å². The number of aliphatic hydroxyl groups excluding tert-OH is 1. The van der Waals surface area contributed by atoms with Gasteiger partial charge in [0.25, 0.3) is 0 Å². The highest BCUT2D eigenvalue weighted by atomic mass is 16.3. The Morgan fingerprint density at radius 3 is 2.80 bits per heavy atom. The van der Waals surface area contributed by atoms with Crippen molar-refractivity contribution >= 4 is 0 Å². The van der Waals surface area contributed by atoms with Gasteiger partial charge in [0.15, 0.2) is 0 Å². The van der Waals surface area contributed by atoms with E-state index in [2.05, 4.69) is 30.3 Å². The summed E-state index contributed by atoms with van der Waals surface area (Å²) in [6.07, 6.45) is 6.17. The van der Waals surface area contributed by atoms with Crippen molar-refractivity contribution in [1.82, 2.24) is 9.55 Å². The largest absolute Gasteiger partial charge is 0.393 e. The predicted molar refractivity (Wildman–Crippen MR) is 61.7 cm³/mol. The molecule has 0 saturated heterocycles. The maximum absolute atomic E-state index is 9.89. The minimum atomic E-state index is -0.257. The monoisotopic (exact) mass is 210 g/mol. The van der Waals surface area contributed by atoms with Crippen molar-refractivity contribution in [1.29, 1.82) is 0 Å². The Labute approximate surface area is 92.1 Å². The summed E-state index contributed by atoms with van der Waals surface area (Å²) >= 11 is 0. The first-order chi connectivity index (χ1) is 7.17. The molecule has 86 valence electrons. The van der Waals surface area contributed by atoms with E-state index in [0.717, 1.165) is 25.2 Å². The highest BCUT2D eigenvalue weighted by Gasteiger charge is 2.12. The van der Waals surface area contributed by atoms with E-state index in [9.17, 15) is 5.11 Å². The van der Waals surface area contributed by atoms with Gasteiger partial charge in [0.1, 0.15) is 5.82 Å². The smallest absolute Gasteiger partial charge is 0.111 e. The van der Waals surface area contributed by atoms with E-state index in [1.54, 1.807) is 6.20 Å². The minimum absolute atomic E-state index is 0.257. The molecule has 0 aliphatic heterocycles. The molecule has 2 unspecified atom stereocenters. The minimum Gasteiger partial charge on any atom is -0.393 e. The number of hydrogen-bond donors (Lipinski definition) is 1. The zero-order valence-corrected chi connectivity index (χ0v) is 9.98. The molecule has 0 amide bonds. The van der Waals surface area contributed by atoms with E-state index < -0.39 is 0 Å². The highest BCUT2D eigenvalue weighted by Crippen LogP contribution is 2.13. The van der Waals surface area contributed by atoms with Crippen LogP contribution in [0.1, 0.15) is 39.4 Å². The van der Waals surface area contributed by atoms with Crippen LogP contribution in [0.2, 0.25) is 0 Å². The summed E-state index contributed by atoms with van der Waals surface area (Å²) in [6, 6.07) is 0. The zero-order valence-electron chi connectivity index (χ0n) is 9.98.